The van der Waals surface area contributed by atoms with Crippen LogP contribution in [0.3, 0.4) is 0 Å². The highest BCUT2D eigenvalue weighted by molar-refractivity contribution is 9.10. The van der Waals surface area contributed by atoms with E-state index in [0.717, 1.165) is 27.4 Å². The van der Waals surface area contributed by atoms with Gasteiger partial charge in [0, 0.05) is 11.0 Å². The molecule has 1 aliphatic rings. The number of hydrogen-bond donors (Lipinski definition) is 0. The number of likely N-dealkylation sites (N-methyl/N-ethyl adjacent to an activating group) is 1. The molecule has 0 aromatic heterocycles. The van der Waals surface area contributed by atoms with Crippen LogP contribution in [-0.4, -0.2) is 29.7 Å². The van der Waals surface area contributed by atoms with Crippen molar-refractivity contribution in [1.82, 2.24) is 4.90 Å². The van der Waals surface area contributed by atoms with Gasteiger partial charge in [-0.25, -0.2) is 0 Å². The fraction of sp³-hybridized carbons (Fsp3) is 0.200. The molecule has 3 rings (SSSR count). The number of carbonyl (C=O) groups excluding carboxylic acids is 2. The zero-order valence-electron chi connectivity index (χ0n) is 14.9. The average molecular weight is 448 g/mol. The van der Waals surface area contributed by atoms with Crippen molar-refractivity contribution in [2.24, 2.45) is 0 Å². The minimum atomic E-state index is -0.262. The Morgan fingerprint density at radius 1 is 1.11 bits per heavy atom. The third-order valence-corrected chi connectivity index (χ3v) is 5.42. The van der Waals surface area contributed by atoms with Crippen molar-refractivity contribution < 1.29 is 19.1 Å². The van der Waals surface area contributed by atoms with Crippen molar-refractivity contribution in [3.05, 3.63) is 63.0 Å². The maximum absolute atomic E-state index is 12.2. The van der Waals surface area contributed by atoms with Crippen LogP contribution in [0, 0.1) is 0 Å². The van der Waals surface area contributed by atoms with Crippen LogP contribution in [0.1, 0.15) is 18.1 Å². The Labute approximate surface area is 170 Å². The van der Waals surface area contributed by atoms with E-state index in [2.05, 4.69) is 15.9 Å². The largest absolute Gasteiger partial charge is 0.493 e. The van der Waals surface area contributed by atoms with E-state index < -0.39 is 0 Å². The number of benzene rings is 2. The molecule has 1 saturated heterocycles. The zero-order valence-corrected chi connectivity index (χ0v) is 17.3. The molecule has 0 N–H and O–H groups in total. The van der Waals surface area contributed by atoms with Gasteiger partial charge in [-0.2, -0.15) is 0 Å². The SMILES string of the molecule is CCN1C(=O)S/C(=C/c2ccc(OCc3ccc(Br)cc3)c(OC)c2)C1=O. The number of amides is 2. The monoisotopic (exact) mass is 447 g/mol. The molecule has 2 amide bonds. The van der Waals surface area contributed by atoms with Gasteiger partial charge in [0.1, 0.15) is 6.61 Å². The second-order valence-corrected chi connectivity index (χ2v) is 7.66. The van der Waals surface area contributed by atoms with E-state index in [1.807, 2.05) is 30.3 Å². The smallest absolute Gasteiger partial charge is 0.293 e. The van der Waals surface area contributed by atoms with Gasteiger partial charge < -0.3 is 9.47 Å². The third kappa shape index (κ3) is 4.54. The van der Waals surface area contributed by atoms with E-state index in [9.17, 15) is 9.59 Å². The molecule has 2 aromatic rings. The second-order valence-electron chi connectivity index (χ2n) is 5.75. The number of nitrogens with zero attached hydrogens (tertiary/aromatic N) is 1. The van der Waals surface area contributed by atoms with Gasteiger partial charge in [0.05, 0.1) is 12.0 Å². The lowest BCUT2D eigenvalue weighted by Crippen LogP contribution is -2.27. The van der Waals surface area contributed by atoms with Crippen LogP contribution in [0.25, 0.3) is 6.08 Å². The van der Waals surface area contributed by atoms with Crippen molar-refractivity contribution in [3.63, 3.8) is 0 Å². The molecular weight excluding hydrogens is 430 g/mol. The van der Waals surface area contributed by atoms with Gasteiger partial charge >= 0.3 is 0 Å². The number of hydrogen-bond acceptors (Lipinski definition) is 5. The number of ether oxygens (including phenoxy) is 2. The number of methoxy groups -OCH3 is 1. The fourth-order valence-corrected chi connectivity index (χ4v) is 3.73. The van der Waals surface area contributed by atoms with Crippen LogP contribution >= 0.6 is 27.7 Å². The first-order chi connectivity index (χ1) is 13.0. The molecular formula is C20H18BrNO4S. The molecule has 0 radical (unpaired) electrons. The van der Waals surface area contributed by atoms with E-state index >= 15 is 0 Å². The summed E-state index contributed by atoms with van der Waals surface area (Å²) in [5.74, 6) is 0.914. The second kappa shape index (κ2) is 8.63. The van der Waals surface area contributed by atoms with Crippen molar-refractivity contribution in [1.29, 1.82) is 0 Å². The summed E-state index contributed by atoms with van der Waals surface area (Å²) < 4.78 is 12.3. The Morgan fingerprint density at radius 2 is 1.85 bits per heavy atom. The first-order valence-corrected chi connectivity index (χ1v) is 9.93. The Balaban J connectivity index is 1.76. The van der Waals surface area contributed by atoms with Gasteiger partial charge in [0.2, 0.25) is 0 Å². The lowest BCUT2D eigenvalue weighted by molar-refractivity contribution is -0.122. The summed E-state index contributed by atoms with van der Waals surface area (Å²) in [6.07, 6.45) is 1.70. The predicted molar refractivity (Wildman–Crippen MR) is 110 cm³/mol. The van der Waals surface area contributed by atoms with Crippen LogP contribution in [0.5, 0.6) is 11.5 Å². The topological polar surface area (TPSA) is 55.8 Å². The summed E-state index contributed by atoms with van der Waals surface area (Å²) in [7, 11) is 1.57. The van der Waals surface area contributed by atoms with Gasteiger partial charge in [-0.15, -0.1) is 0 Å². The van der Waals surface area contributed by atoms with Crippen LogP contribution in [0.15, 0.2) is 51.8 Å². The summed E-state index contributed by atoms with van der Waals surface area (Å²) in [4.78, 5) is 25.7. The molecule has 0 atom stereocenters. The molecule has 7 heteroatoms. The quantitative estimate of drug-likeness (QED) is 0.576. The molecule has 0 spiro atoms. The van der Waals surface area contributed by atoms with Crippen molar-refractivity contribution in [3.8, 4) is 11.5 Å². The van der Waals surface area contributed by atoms with E-state index in [4.69, 9.17) is 9.47 Å². The van der Waals surface area contributed by atoms with Gasteiger partial charge in [-0.1, -0.05) is 34.1 Å². The van der Waals surface area contributed by atoms with Gasteiger partial charge in [0.15, 0.2) is 11.5 Å². The molecule has 1 aliphatic heterocycles. The lowest BCUT2D eigenvalue weighted by atomic mass is 10.1. The van der Waals surface area contributed by atoms with Crippen molar-refractivity contribution >= 4 is 44.9 Å². The Hall–Kier alpha value is -2.25. The first kappa shape index (κ1) is 19.5. The van der Waals surface area contributed by atoms with Gasteiger partial charge in [-0.3, -0.25) is 14.5 Å². The zero-order chi connectivity index (χ0) is 19.4. The minimum absolute atomic E-state index is 0.241. The normalized spacial score (nSPS) is 15.5. The van der Waals surface area contributed by atoms with Crippen LogP contribution < -0.4 is 9.47 Å². The van der Waals surface area contributed by atoms with Crippen LogP contribution in [0.2, 0.25) is 0 Å². The molecule has 0 bridgehead atoms. The van der Waals surface area contributed by atoms with Crippen molar-refractivity contribution in [2.45, 2.75) is 13.5 Å². The molecule has 1 fully saturated rings. The summed E-state index contributed by atoms with van der Waals surface area (Å²) >= 11 is 4.36. The van der Waals surface area contributed by atoms with E-state index in [1.54, 1.807) is 32.2 Å². The Kier molecular flexibility index (Phi) is 6.23. The minimum Gasteiger partial charge on any atom is -0.493 e. The van der Waals surface area contributed by atoms with E-state index in [0.29, 0.717) is 29.6 Å². The van der Waals surface area contributed by atoms with E-state index in [-0.39, 0.29) is 11.1 Å². The summed E-state index contributed by atoms with van der Waals surface area (Å²) in [6, 6.07) is 13.3. The van der Waals surface area contributed by atoms with Gasteiger partial charge in [-0.05, 0) is 60.2 Å². The Bertz CT molecular complexity index is 895. The highest BCUT2D eigenvalue weighted by Gasteiger charge is 2.33. The summed E-state index contributed by atoms with van der Waals surface area (Å²) in [5, 5.41) is -0.241. The van der Waals surface area contributed by atoms with Crippen LogP contribution in [-0.2, 0) is 11.4 Å². The van der Waals surface area contributed by atoms with E-state index in [1.165, 1.54) is 4.90 Å². The predicted octanol–water partition coefficient (Wildman–Crippen LogP) is 5.09. The average Bonchev–Trinajstić information content (AvgIpc) is 2.94. The molecule has 0 saturated carbocycles. The fourth-order valence-electron chi connectivity index (χ4n) is 2.56. The first-order valence-electron chi connectivity index (χ1n) is 8.32. The molecule has 0 unspecified atom stereocenters. The number of thioether (sulfide) groups is 1. The Morgan fingerprint density at radius 3 is 2.48 bits per heavy atom. The van der Waals surface area contributed by atoms with Crippen LogP contribution in [0.4, 0.5) is 4.79 Å². The number of imide groups is 1. The lowest BCUT2D eigenvalue weighted by Gasteiger charge is -2.12. The molecule has 2 aromatic carbocycles. The highest BCUT2D eigenvalue weighted by Crippen LogP contribution is 2.34. The maximum atomic E-state index is 12.2. The molecule has 27 heavy (non-hydrogen) atoms. The maximum Gasteiger partial charge on any atom is 0.293 e. The van der Waals surface area contributed by atoms with Crippen molar-refractivity contribution in [2.75, 3.05) is 13.7 Å². The van der Waals surface area contributed by atoms with Gasteiger partial charge in [0.25, 0.3) is 11.1 Å². The molecule has 0 aliphatic carbocycles. The molecule has 1 heterocycles. The number of rotatable bonds is 6. The standard InChI is InChI=1S/C20H18BrNO4S/c1-3-22-19(23)18(27-20(22)24)11-14-6-9-16(17(10-14)25-2)26-12-13-4-7-15(21)8-5-13/h4-11H,3,12H2,1-2H3/b18-11+. The molecule has 140 valence electrons. The highest BCUT2D eigenvalue weighted by atomic mass is 79.9. The third-order valence-electron chi connectivity index (χ3n) is 3.98. The number of carbonyl (C=O) groups is 2. The summed E-state index contributed by atoms with van der Waals surface area (Å²) in [5.41, 5.74) is 1.81. The number of halogens is 1. The molecule has 5 nitrogen and oxygen atoms in total. The summed E-state index contributed by atoms with van der Waals surface area (Å²) in [6.45, 7) is 2.56.